The van der Waals surface area contributed by atoms with E-state index in [1.807, 2.05) is 13.8 Å². The summed E-state index contributed by atoms with van der Waals surface area (Å²) in [6.45, 7) is 4.05. The number of esters is 1. The molecule has 0 saturated heterocycles. The molecule has 0 radical (unpaired) electrons. The van der Waals surface area contributed by atoms with Gasteiger partial charge in [0.05, 0.1) is 31.7 Å². The third-order valence-corrected chi connectivity index (χ3v) is 3.04. The van der Waals surface area contributed by atoms with E-state index >= 15 is 0 Å². The van der Waals surface area contributed by atoms with Crippen molar-refractivity contribution in [1.29, 1.82) is 0 Å². The molecule has 3 N–H and O–H groups in total. The molecule has 6 nitrogen and oxygen atoms in total. The van der Waals surface area contributed by atoms with E-state index in [1.165, 1.54) is 0 Å². The van der Waals surface area contributed by atoms with Crippen molar-refractivity contribution in [3.05, 3.63) is 0 Å². The van der Waals surface area contributed by atoms with Crippen LogP contribution in [0.1, 0.15) is 39.5 Å². The molecule has 6 heteroatoms. The Kier molecular flexibility index (Phi) is 10.0. The number of carbonyl (C=O) groups is 2. The molecule has 1 saturated carbocycles. The Morgan fingerprint density at radius 1 is 1.10 bits per heavy atom. The number of ether oxygens (including phenoxy) is 1. The van der Waals surface area contributed by atoms with E-state index in [0.29, 0.717) is 19.4 Å². The molecular formula is C14H26O6. The Balaban J connectivity index is 0.000000796. The quantitative estimate of drug-likeness (QED) is 0.654. The number of aliphatic hydroxyl groups is 2. The zero-order chi connectivity index (χ0) is 15.5. The Morgan fingerprint density at radius 3 is 2.00 bits per heavy atom. The molecule has 118 valence electrons. The summed E-state index contributed by atoms with van der Waals surface area (Å²) in [6, 6.07) is 0. The van der Waals surface area contributed by atoms with Crippen molar-refractivity contribution in [3.8, 4) is 0 Å². The monoisotopic (exact) mass is 290 g/mol. The van der Waals surface area contributed by atoms with Gasteiger partial charge < -0.3 is 20.1 Å². The Bertz CT molecular complexity index is 287. The molecule has 0 spiro atoms. The summed E-state index contributed by atoms with van der Waals surface area (Å²) < 4.78 is 5.12. The lowest BCUT2D eigenvalue weighted by Gasteiger charge is -2.26. The van der Waals surface area contributed by atoms with Crippen LogP contribution in [0.2, 0.25) is 0 Å². The fourth-order valence-electron chi connectivity index (χ4n) is 2.06. The van der Waals surface area contributed by atoms with Crippen LogP contribution in [0.3, 0.4) is 0 Å². The fourth-order valence-corrected chi connectivity index (χ4v) is 2.06. The highest BCUT2D eigenvalue weighted by molar-refractivity contribution is 5.81. The first-order valence-electron chi connectivity index (χ1n) is 7.05. The predicted molar refractivity (Wildman–Crippen MR) is 73.1 cm³/mol. The number of rotatable bonds is 5. The molecule has 0 bridgehead atoms. The summed E-state index contributed by atoms with van der Waals surface area (Å²) in [5.74, 6) is -1.90. The molecule has 1 aliphatic carbocycles. The zero-order valence-corrected chi connectivity index (χ0v) is 12.2. The van der Waals surface area contributed by atoms with Crippen LogP contribution >= 0.6 is 0 Å². The van der Waals surface area contributed by atoms with Crippen LogP contribution < -0.4 is 0 Å². The number of aliphatic carboxylic acids is 1. The van der Waals surface area contributed by atoms with Gasteiger partial charge in [0.1, 0.15) is 0 Å². The van der Waals surface area contributed by atoms with Crippen molar-refractivity contribution in [3.63, 3.8) is 0 Å². The number of hydrogen-bond donors (Lipinski definition) is 3. The topological polar surface area (TPSA) is 104 Å². The van der Waals surface area contributed by atoms with E-state index < -0.39 is 17.8 Å². The molecule has 1 rings (SSSR count). The first kappa shape index (κ1) is 18.9. The molecule has 0 aromatic rings. The second-order valence-electron chi connectivity index (χ2n) is 5.31. The standard InChI is InChI=1S/C12H20O4.C2H6O2/c1-8(2)7-16-12(15)10-6-4-3-5-9(10)11(13)14;3-1-2-4/h8-10H,3-7H2,1-2H3,(H,13,14);3-4H,1-2H2. The smallest absolute Gasteiger partial charge is 0.309 e. The lowest BCUT2D eigenvalue weighted by molar-refractivity contribution is -0.160. The lowest BCUT2D eigenvalue weighted by atomic mass is 9.79. The van der Waals surface area contributed by atoms with Gasteiger partial charge in [0.15, 0.2) is 0 Å². The van der Waals surface area contributed by atoms with Crippen molar-refractivity contribution in [2.24, 2.45) is 17.8 Å². The molecule has 2 unspecified atom stereocenters. The third kappa shape index (κ3) is 7.45. The molecule has 0 aromatic carbocycles. The number of aliphatic hydroxyl groups excluding tert-OH is 2. The highest BCUT2D eigenvalue weighted by Crippen LogP contribution is 2.31. The van der Waals surface area contributed by atoms with Crippen LogP contribution in [0.25, 0.3) is 0 Å². The first-order chi connectivity index (χ1) is 9.43. The SMILES string of the molecule is CC(C)COC(=O)C1CCCCC1C(=O)O.OCCO. The number of carbonyl (C=O) groups excluding carboxylic acids is 1. The van der Waals surface area contributed by atoms with Gasteiger partial charge in [0.2, 0.25) is 0 Å². The van der Waals surface area contributed by atoms with Gasteiger partial charge in [-0.05, 0) is 18.8 Å². The van der Waals surface area contributed by atoms with Crippen LogP contribution in [0.5, 0.6) is 0 Å². The van der Waals surface area contributed by atoms with E-state index in [0.717, 1.165) is 12.8 Å². The summed E-state index contributed by atoms with van der Waals surface area (Å²) >= 11 is 0. The molecular weight excluding hydrogens is 264 g/mol. The van der Waals surface area contributed by atoms with Crippen molar-refractivity contribution in [2.45, 2.75) is 39.5 Å². The Morgan fingerprint density at radius 2 is 1.60 bits per heavy atom. The maximum atomic E-state index is 11.7. The van der Waals surface area contributed by atoms with Gasteiger partial charge in [-0.25, -0.2) is 0 Å². The molecule has 2 atom stereocenters. The van der Waals surface area contributed by atoms with Gasteiger partial charge in [-0.2, -0.15) is 0 Å². The average Bonchev–Trinajstić information content (AvgIpc) is 2.44. The maximum absolute atomic E-state index is 11.7. The minimum Gasteiger partial charge on any atom is -0.481 e. The largest absolute Gasteiger partial charge is 0.481 e. The van der Waals surface area contributed by atoms with E-state index in [2.05, 4.69) is 0 Å². The minimum absolute atomic E-state index is 0.125. The molecule has 20 heavy (non-hydrogen) atoms. The van der Waals surface area contributed by atoms with E-state index in [9.17, 15) is 9.59 Å². The van der Waals surface area contributed by atoms with Gasteiger partial charge in [-0.3, -0.25) is 9.59 Å². The summed E-state index contributed by atoms with van der Waals surface area (Å²) in [4.78, 5) is 22.7. The summed E-state index contributed by atoms with van der Waals surface area (Å²) in [5.41, 5.74) is 0. The molecule has 0 aliphatic heterocycles. The van der Waals surface area contributed by atoms with Crippen LogP contribution in [0, 0.1) is 17.8 Å². The van der Waals surface area contributed by atoms with E-state index in [1.54, 1.807) is 0 Å². The van der Waals surface area contributed by atoms with Gasteiger partial charge in [0.25, 0.3) is 0 Å². The third-order valence-electron chi connectivity index (χ3n) is 3.04. The number of carboxylic acid groups (broad SMARTS) is 1. The molecule has 1 aliphatic rings. The lowest BCUT2D eigenvalue weighted by Crippen LogP contribution is -2.34. The van der Waals surface area contributed by atoms with Crippen LogP contribution in [0.15, 0.2) is 0 Å². The number of hydrogen-bond acceptors (Lipinski definition) is 5. The maximum Gasteiger partial charge on any atom is 0.309 e. The normalized spacial score (nSPS) is 21.9. The van der Waals surface area contributed by atoms with Crippen molar-refractivity contribution in [1.82, 2.24) is 0 Å². The van der Waals surface area contributed by atoms with Crippen LogP contribution in [-0.4, -0.2) is 47.1 Å². The van der Waals surface area contributed by atoms with Gasteiger partial charge in [-0.15, -0.1) is 0 Å². The highest BCUT2D eigenvalue weighted by Gasteiger charge is 2.36. The molecule has 0 amide bonds. The Labute approximate surface area is 119 Å². The molecule has 0 aromatic heterocycles. The highest BCUT2D eigenvalue weighted by atomic mass is 16.5. The van der Waals surface area contributed by atoms with Gasteiger partial charge in [-0.1, -0.05) is 26.7 Å². The molecule has 0 heterocycles. The average molecular weight is 290 g/mol. The second-order valence-corrected chi connectivity index (χ2v) is 5.31. The molecule has 1 fully saturated rings. The second kappa shape index (κ2) is 10.6. The zero-order valence-electron chi connectivity index (χ0n) is 12.2. The van der Waals surface area contributed by atoms with Crippen molar-refractivity contribution in [2.75, 3.05) is 19.8 Å². The fraction of sp³-hybridized carbons (Fsp3) is 0.857. The van der Waals surface area contributed by atoms with Crippen LogP contribution in [-0.2, 0) is 14.3 Å². The first-order valence-corrected chi connectivity index (χ1v) is 7.05. The summed E-state index contributed by atoms with van der Waals surface area (Å²) in [5, 5.41) is 24.3. The van der Waals surface area contributed by atoms with Crippen molar-refractivity contribution >= 4 is 11.9 Å². The Hall–Kier alpha value is -1.14. The van der Waals surface area contributed by atoms with Gasteiger partial charge in [0, 0.05) is 0 Å². The minimum atomic E-state index is -0.869. The van der Waals surface area contributed by atoms with Crippen LogP contribution in [0.4, 0.5) is 0 Å². The summed E-state index contributed by atoms with van der Waals surface area (Å²) in [6.07, 6.45) is 3.06. The summed E-state index contributed by atoms with van der Waals surface area (Å²) in [7, 11) is 0. The van der Waals surface area contributed by atoms with Gasteiger partial charge >= 0.3 is 11.9 Å². The van der Waals surface area contributed by atoms with E-state index in [-0.39, 0.29) is 25.1 Å². The predicted octanol–water partition coefficient (Wildman–Crippen LogP) is 1.05. The van der Waals surface area contributed by atoms with E-state index in [4.69, 9.17) is 20.1 Å². The number of carboxylic acids is 1. The van der Waals surface area contributed by atoms with Crippen molar-refractivity contribution < 1.29 is 29.6 Å².